The molecule has 0 bridgehead atoms. The van der Waals surface area contributed by atoms with Gasteiger partial charge in [0.25, 0.3) is 5.56 Å². The van der Waals surface area contributed by atoms with Crippen molar-refractivity contribution in [2.45, 2.75) is 39.2 Å². The quantitative estimate of drug-likeness (QED) is 0.570. The van der Waals surface area contributed by atoms with Crippen molar-refractivity contribution in [3.05, 3.63) is 15.1 Å². The summed E-state index contributed by atoms with van der Waals surface area (Å²) in [5, 5.41) is 0. The number of aromatic nitrogens is 4. The second-order valence-corrected chi connectivity index (χ2v) is 4.68. The Labute approximate surface area is 109 Å². The lowest BCUT2D eigenvalue weighted by atomic mass is 10.2. The maximum atomic E-state index is 11.7. The zero-order valence-electron chi connectivity index (χ0n) is 10.3. The highest BCUT2D eigenvalue weighted by Gasteiger charge is 2.09. The Morgan fingerprint density at radius 2 is 2.11 bits per heavy atom. The molecule has 4 N–H and O–H groups in total. The Hall–Kier alpha value is -1.63. The van der Waals surface area contributed by atoms with E-state index in [0.717, 1.165) is 19.4 Å². The van der Waals surface area contributed by atoms with Crippen molar-refractivity contribution in [1.82, 2.24) is 19.5 Å². The second kappa shape index (κ2) is 5.34. The summed E-state index contributed by atoms with van der Waals surface area (Å²) >= 11 is 5.21. The Bertz CT molecular complexity index is 653. The molecule has 98 valence electrons. The predicted octanol–water partition coefficient (Wildman–Crippen LogP) is 1.94. The third-order valence-corrected chi connectivity index (χ3v) is 3.21. The molecule has 2 rings (SSSR count). The van der Waals surface area contributed by atoms with E-state index in [2.05, 4.69) is 21.9 Å². The lowest BCUT2D eigenvalue weighted by Gasteiger charge is -2.03. The topological polar surface area (TPSA) is 92.5 Å². The van der Waals surface area contributed by atoms with E-state index in [-0.39, 0.29) is 11.5 Å². The van der Waals surface area contributed by atoms with Crippen LogP contribution in [0.15, 0.2) is 4.79 Å². The third kappa shape index (κ3) is 2.45. The summed E-state index contributed by atoms with van der Waals surface area (Å²) in [7, 11) is 0. The van der Waals surface area contributed by atoms with Crippen LogP contribution in [0.2, 0.25) is 0 Å². The Balaban J connectivity index is 2.35. The first-order chi connectivity index (χ1) is 8.63. The van der Waals surface area contributed by atoms with E-state index in [1.807, 2.05) is 4.57 Å². The number of aryl methyl sites for hydroxylation is 1. The van der Waals surface area contributed by atoms with E-state index >= 15 is 0 Å². The molecule has 18 heavy (non-hydrogen) atoms. The molecule has 2 aromatic rings. The van der Waals surface area contributed by atoms with Crippen LogP contribution in [0.1, 0.15) is 32.6 Å². The Morgan fingerprint density at radius 1 is 1.33 bits per heavy atom. The highest BCUT2D eigenvalue weighted by Crippen LogP contribution is 2.10. The number of unbranched alkanes of at least 4 members (excludes halogenated alkanes) is 3. The summed E-state index contributed by atoms with van der Waals surface area (Å²) in [6.07, 6.45) is 4.54. The predicted molar refractivity (Wildman–Crippen MR) is 74.1 cm³/mol. The number of H-pyrrole nitrogens is 2. The van der Waals surface area contributed by atoms with Crippen LogP contribution in [0.4, 0.5) is 5.95 Å². The fourth-order valence-electron chi connectivity index (χ4n) is 1.96. The summed E-state index contributed by atoms with van der Waals surface area (Å²) in [6.45, 7) is 2.92. The van der Waals surface area contributed by atoms with Gasteiger partial charge in [0.05, 0.1) is 0 Å². The molecule has 0 aromatic carbocycles. The molecule has 0 aliphatic carbocycles. The molecular formula is C11H17N5OS. The number of rotatable bonds is 5. The summed E-state index contributed by atoms with van der Waals surface area (Å²) < 4.78 is 2.36. The first-order valence-corrected chi connectivity index (χ1v) is 6.52. The van der Waals surface area contributed by atoms with Gasteiger partial charge in [-0.1, -0.05) is 26.2 Å². The number of nitrogens with two attached hydrogens (primary N) is 1. The fourth-order valence-corrected chi connectivity index (χ4v) is 2.24. The first kappa shape index (κ1) is 12.8. The maximum absolute atomic E-state index is 11.7. The minimum atomic E-state index is -0.282. The van der Waals surface area contributed by atoms with Crippen molar-refractivity contribution < 1.29 is 0 Å². The van der Waals surface area contributed by atoms with Gasteiger partial charge >= 0.3 is 0 Å². The molecule has 0 amide bonds. The first-order valence-electron chi connectivity index (χ1n) is 6.11. The van der Waals surface area contributed by atoms with Crippen LogP contribution >= 0.6 is 12.2 Å². The van der Waals surface area contributed by atoms with Gasteiger partial charge in [0.2, 0.25) is 5.95 Å². The molecule has 0 saturated heterocycles. The van der Waals surface area contributed by atoms with Crippen LogP contribution in [0.3, 0.4) is 0 Å². The van der Waals surface area contributed by atoms with Crippen molar-refractivity contribution in [1.29, 1.82) is 0 Å². The molecule has 0 aliphatic heterocycles. The van der Waals surface area contributed by atoms with E-state index in [9.17, 15) is 4.79 Å². The summed E-state index contributed by atoms with van der Waals surface area (Å²) in [5.41, 5.74) is 6.20. The molecule has 0 unspecified atom stereocenters. The van der Waals surface area contributed by atoms with Gasteiger partial charge in [0, 0.05) is 6.54 Å². The van der Waals surface area contributed by atoms with Crippen molar-refractivity contribution in [3.8, 4) is 0 Å². The van der Waals surface area contributed by atoms with E-state index in [0.29, 0.717) is 15.9 Å². The van der Waals surface area contributed by atoms with Crippen LogP contribution in [0, 0.1) is 4.77 Å². The number of hydrogen-bond donors (Lipinski definition) is 3. The lowest BCUT2D eigenvalue weighted by Crippen LogP contribution is -2.12. The number of nitrogens with one attached hydrogen (secondary N) is 2. The van der Waals surface area contributed by atoms with Crippen LogP contribution in [0.5, 0.6) is 0 Å². The molecule has 0 aliphatic rings. The normalized spacial score (nSPS) is 11.2. The van der Waals surface area contributed by atoms with E-state index in [1.54, 1.807) is 0 Å². The summed E-state index contributed by atoms with van der Waals surface area (Å²) in [4.78, 5) is 21.1. The minimum absolute atomic E-state index is 0.115. The molecule has 0 atom stereocenters. The molecule has 0 spiro atoms. The SMILES string of the molecule is CCCCCCn1c(=S)[nH]c2c(=O)[nH]c(N)nc21. The number of anilines is 1. The average molecular weight is 267 g/mol. The lowest BCUT2D eigenvalue weighted by molar-refractivity contribution is 0.585. The van der Waals surface area contributed by atoms with Gasteiger partial charge in [0.1, 0.15) is 0 Å². The Kier molecular flexibility index (Phi) is 3.81. The van der Waals surface area contributed by atoms with Gasteiger partial charge in [-0.15, -0.1) is 0 Å². The molecule has 0 fully saturated rings. The van der Waals surface area contributed by atoms with Crippen LogP contribution < -0.4 is 11.3 Å². The zero-order chi connectivity index (χ0) is 13.1. The monoisotopic (exact) mass is 267 g/mol. The zero-order valence-corrected chi connectivity index (χ0v) is 11.1. The summed E-state index contributed by atoms with van der Waals surface area (Å²) in [5.74, 6) is 0.115. The van der Waals surface area contributed by atoms with Gasteiger partial charge < -0.3 is 15.3 Å². The van der Waals surface area contributed by atoms with E-state index in [1.165, 1.54) is 12.8 Å². The van der Waals surface area contributed by atoms with Gasteiger partial charge in [-0.2, -0.15) is 4.98 Å². The number of fused-ring (bicyclic) bond motifs is 1. The van der Waals surface area contributed by atoms with E-state index in [4.69, 9.17) is 18.0 Å². The number of hydrogen-bond acceptors (Lipinski definition) is 4. The fraction of sp³-hybridized carbons (Fsp3) is 0.545. The van der Waals surface area contributed by atoms with Crippen molar-refractivity contribution >= 4 is 29.3 Å². The molecular weight excluding hydrogens is 250 g/mol. The summed E-state index contributed by atoms with van der Waals surface area (Å²) in [6, 6.07) is 0. The number of aromatic amines is 2. The largest absolute Gasteiger partial charge is 0.369 e. The van der Waals surface area contributed by atoms with Crippen LogP contribution in [-0.4, -0.2) is 19.5 Å². The average Bonchev–Trinajstić information content (AvgIpc) is 2.62. The van der Waals surface area contributed by atoms with Gasteiger partial charge in [-0.05, 0) is 18.6 Å². The standard InChI is InChI=1S/C11H17N5OS/c1-2-3-4-5-6-16-8-7(13-11(16)18)9(17)15-10(12)14-8/h2-6H2,1H3,(H,13,18)(H3,12,14,15,17). The van der Waals surface area contributed by atoms with Crippen molar-refractivity contribution in [3.63, 3.8) is 0 Å². The number of nitrogen functional groups attached to an aromatic ring is 1. The van der Waals surface area contributed by atoms with Gasteiger partial charge in [-0.25, -0.2) is 0 Å². The Morgan fingerprint density at radius 3 is 2.83 bits per heavy atom. The van der Waals surface area contributed by atoms with Crippen LogP contribution in [-0.2, 0) is 6.54 Å². The highest BCUT2D eigenvalue weighted by atomic mass is 32.1. The van der Waals surface area contributed by atoms with Gasteiger partial charge in [0.15, 0.2) is 15.9 Å². The molecule has 2 aromatic heterocycles. The maximum Gasteiger partial charge on any atom is 0.278 e. The van der Waals surface area contributed by atoms with Gasteiger partial charge in [-0.3, -0.25) is 9.78 Å². The molecule has 6 nitrogen and oxygen atoms in total. The number of imidazole rings is 1. The molecule has 2 heterocycles. The third-order valence-electron chi connectivity index (χ3n) is 2.89. The number of nitrogens with zero attached hydrogens (tertiary/aromatic N) is 2. The highest BCUT2D eigenvalue weighted by molar-refractivity contribution is 7.71. The van der Waals surface area contributed by atoms with Crippen LogP contribution in [0.25, 0.3) is 11.2 Å². The smallest absolute Gasteiger partial charge is 0.278 e. The van der Waals surface area contributed by atoms with Crippen molar-refractivity contribution in [2.75, 3.05) is 5.73 Å². The second-order valence-electron chi connectivity index (χ2n) is 4.29. The molecule has 7 heteroatoms. The van der Waals surface area contributed by atoms with Crippen molar-refractivity contribution in [2.24, 2.45) is 0 Å². The molecule has 0 saturated carbocycles. The minimum Gasteiger partial charge on any atom is -0.369 e. The van der Waals surface area contributed by atoms with E-state index < -0.39 is 0 Å². The molecule has 0 radical (unpaired) electrons.